The molecule has 0 saturated heterocycles. The molecule has 1 aromatic carbocycles. The molecule has 2 atom stereocenters. The summed E-state index contributed by atoms with van der Waals surface area (Å²) >= 11 is 0. The smallest absolute Gasteiger partial charge is 0.320 e. The molecule has 0 spiro atoms. The number of alkyl halides is 1. The van der Waals surface area contributed by atoms with Gasteiger partial charge in [0, 0.05) is 24.1 Å². The summed E-state index contributed by atoms with van der Waals surface area (Å²) in [6.07, 6.45) is 0.815. The quantitative estimate of drug-likeness (QED) is 0.599. The number of aliphatic imine (C=N–C) groups is 1. The molecule has 8 heteroatoms. The number of Topliss-reactive ketones (excluding diaryl/α,β-unsaturated/α-hetero) is 1. The minimum absolute atomic E-state index is 0.0107. The minimum atomic E-state index is -1.16. The van der Waals surface area contributed by atoms with E-state index in [-0.39, 0.29) is 37.6 Å². The number of nitrogens with zero attached hydrogens (tertiary/aromatic N) is 1. The van der Waals surface area contributed by atoms with Gasteiger partial charge in [0.15, 0.2) is 5.78 Å². The van der Waals surface area contributed by atoms with Crippen molar-refractivity contribution in [2.24, 2.45) is 10.7 Å². The van der Waals surface area contributed by atoms with Gasteiger partial charge in [-0.2, -0.15) is 0 Å². The van der Waals surface area contributed by atoms with Crippen molar-refractivity contribution in [2.75, 3.05) is 13.1 Å². The van der Waals surface area contributed by atoms with Crippen LogP contribution in [0, 0.1) is 0 Å². The molecule has 7 nitrogen and oxygen atoms in total. The number of nitrogens with one attached hydrogen (secondary N) is 1. The van der Waals surface area contributed by atoms with E-state index in [0.717, 1.165) is 11.3 Å². The van der Waals surface area contributed by atoms with Gasteiger partial charge in [-0.05, 0) is 37.0 Å². The number of hydrogen-bond donors (Lipinski definition) is 3. The van der Waals surface area contributed by atoms with Gasteiger partial charge in [-0.15, -0.1) is 0 Å². The first-order valence-corrected chi connectivity index (χ1v) is 8.88. The van der Waals surface area contributed by atoms with Crippen molar-refractivity contribution in [3.8, 4) is 0 Å². The fourth-order valence-corrected chi connectivity index (χ4v) is 2.73. The third-order valence-corrected chi connectivity index (χ3v) is 4.35. The first-order valence-electron chi connectivity index (χ1n) is 8.88. The number of ketones is 1. The Morgan fingerprint density at radius 3 is 2.81 bits per heavy atom. The highest BCUT2D eigenvalue weighted by Gasteiger charge is 2.16. The van der Waals surface area contributed by atoms with Crippen LogP contribution < -0.4 is 11.1 Å². The maximum Gasteiger partial charge on any atom is 0.320 e. The summed E-state index contributed by atoms with van der Waals surface area (Å²) in [6, 6.07) is 5.91. The highest BCUT2D eigenvalue weighted by molar-refractivity contribution is 5.97. The van der Waals surface area contributed by atoms with Crippen LogP contribution in [0.2, 0.25) is 0 Å². The van der Waals surface area contributed by atoms with Gasteiger partial charge in [0.05, 0.1) is 13.1 Å². The minimum Gasteiger partial charge on any atom is -0.480 e. The second kappa shape index (κ2) is 9.91. The summed E-state index contributed by atoms with van der Waals surface area (Å²) in [6.45, 7) is 0.0170. The molecule has 1 aliphatic heterocycles. The third kappa shape index (κ3) is 6.90. The molecule has 4 N–H and O–H groups in total. The van der Waals surface area contributed by atoms with Crippen LogP contribution >= 0.6 is 0 Å². The number of amides is 1. The van der Waals surface area contributed by atoms with E-state index in [0.29, 0.717) is 24.8 Å². The molecule has 0 fully saturated rings. The molecule has 27 heavy (non-hydrogen) atoms. The van der Waals surface area contributed by atoms with Crippen molar-refractivity contribution in [3.63, 3.8) is 0 Å². The molecule has 1 unspecified atom stereocenters. The molecule has 146 valence electrons. The molecule has 2 rings (SSSR count). The summed E-state index contributed by atoms with van der Waals surface area (Å²) in [5, 5.41) is 11.2. The summed E-state index contributed by atoms with van der Waals surface area (Å²) in [5.41, 5.74) is 7.59. The van der Waals surface area contributed by atoms with Gasteiger partial charge >= 0.3 is 5.97 Å². The van der Waals surface area contributed by atoms with E-state index >= 15 is 0 Å². The molecule has 1 aliphatic rings. The Kier molecular flexibility index (Phi) is 7.60. The number of halogens is 1. The first kappa shape index (κ1) is 20.7. The third-order valence-electron chi connectivity index (χ3n) is 4.35. The average Bonchev–Trinajstić information content (AvgIpc) is 2.66. The fourth-order valence-electron chi connectivity index (χ4n) is 2.73. The van der Waals surface area contributed by atoms with Crippen molar-refractivity contribution >= 4 is 23.4 Å². The van der Waals surface area contributed by atoms with Crippen LogP contribution in [-0.4, -0.2) is 53.8 Å². The van der Waals surface area contributed by atoms with Gasteiger partial charge in [-0.3, -0.25) is 19.4 Å². The number of benzene rings is 1. The van der Waals surface area contributed by atoms with Crippen LogP contribution in [0.4, 0.5) is 4.39 Å². The summed E-state index contributed by atoms with van der Waals surface area (Å²) in [5.74, 6) is -1.83. The molecule has 1 aromatic rings. The lowest BCUT2D eigenvalue weighted by Crippen LogP contribution is -2.33. The summed E-state index contributed by atoms with van der Waals surface area (Å²) < 4.78 is 13.1. The van der Waals surface area contributed by atoms with E-state index in [9.17, 15) is 18.8 Å². The van der Waals surface area contributed by atoms with E-state index in [1.54, 1.807) is 18.2 Å². The Labute approximate surface area is 156 Å². The van der Waals surface area contributed by atoms with E-state index < -0.39 is 18.2 Å². The number of carboxylic acid groups (broad SMARTS) is 1. The van der Waals surface area contributed by atoms with Crippen molar-refractivity contribution < 1.29 is 23.9 Å². The van der Waals surface area contributed by atoms with Gasteiger partial charge < -0.3 is 16.2 Å². The monoisotopic (exact) mass is 377 g/mol. The van der Waals surface area contributed by atoms with Gasteiger partial charge in [0.2, 0.25) is 0 Å². The normalized spacial score (nSPS) is 17.7. The van der Waals surface area contributed by atoms with E-state index in [1.165, 1.54) is 0 Å². The van der Waals surface area contributed by atoms with Gasteiger partial charge in [-0.25, -0.2) is 4.39 Å². The maximum absolute atomic E-state index is 13.1. The fraction of sp³-hybridized carbons (Fsp3) is 0.474. The summed E-state index contributed by atoms with van der Waals surface area (Å²) in [4.78, 5) is 38.8. The Morgan fingerprint density at radius 2 is 2.15 bits per heavy atom. The van der Waals surface area contributed by atoms with Gasteiger partial charge in [0.1, 0.15) is 12.2 Å². The number of carboxylic acids is 1. The second-order valence-electron chi connectivity index (χ2n) is 6.62. The number of carbonyl (C=O) groups excluding carboxylic acids is 2. The van der Waals surface area contributed by atoms with Crippen molar-refractivity contribution in [2.45, 2.75) is 44.3 Å². The predicted molar refractivity (Wildman–Crippen MR) is 98.8 cm³/mol. The lowest BCUT2D eigenvalue weighted by atomic mass is 9.99. The second-order valence-corrected chi connectivity index (χ2v) is 6.62. The Balaban J connectivity index is 1.84. The number of aliphatic carboxylic acids is 1. The highest BCUT2D eigenvalue weighted by atomic mass is 19.1. The largest absolute Gasteiger partial charge is 0.480 e. The van der Waals surface area contributed by atoms with E-state index in [4.69, 9.17) is 10.8 Å². The molecule has 0 saturated carbocycles. The maximum atomic E-state index is 13.1. The van der Waals surface area contributed by atoms with Crippen LogP contribution in [0.25, 0.3) is 0 Å². The molecule has 0 bridgehead atoms. The number of nitrogens with two attached hydrogens (primary N) is 1. The highest BCUT2D eigenvalue weighted by Crippen LogP contribution is 2.15. The molecular weight excluding hydrogens is 353 g/mol. The first-order chi connectivity index (χ1) is 12.8. The number of hydrogen-bond acceptors (Lipinski definition) is 5. The Hall–Kier alpha value is -2.61. The van der Waals surface area contributed by atoms with Crippen LogP contribution in [-0.2, 0) is 16.0 Å². The van der Waals surface area contributed by atoms with Gasteiger partial charge in [-0.1, -0.05) is 12.1 Å². The van der Waals surface area contributed by atoms with E-state index in [1.807, 2.05) is 6.07 Å². The lowest BCUT2D eigenvalue weighted by Gasteiger charge is -2.15. The van der Waals surface area contributed by atoms with Crippen molar-refractivity contribution in [1.29, 1.82) is 0 Å². The zero-order chi connectivity index (χ0) is 19.8. The van der Waals surface area contributed by atoms with Crippen LogP contribution in [0.5, 0.6) is 0 Å². The average molecular weight is 377 g/mol. The van der Waals surface area contributed by atoms with Crippen LogP contribution in [0.3, 0.4) is 0 Å². The summed E-state index contributed by atoms with van der Waals surface area (Å²) in [7, 11) is 0. The van der Waals surface area contributed by atoms with E-state index in [2.05, 4.69) is 10.3 Å². The molecular formula is C19H24FN3O4. The molecule has 1 heterocycles. The molecule has 0 aliphatic carbocycles. The Morgan fingerprint density at radius 1 is 1.37 bits per heavy atom. The lowest BCUT2D eigenvalue weighted by molar-refractivity contribution is -0.138. The van der Waals surface area contributed by atoms with Crippen LogP contribution in [0.1, 0.15) is 41.6 Å². The standard InChI is InChI=1S/C19H24FN3O4/c20-14-4-5-15(22-10-14)9-12-2-1-3-13(8-12)18(25)23-11-16(24)6-7-17(21)19(26)27/h1-3,8,14,17H,4-7,9-11,21H2,(H,23,25)(H,26,27)/t14?,17-/m0/s1. The zero-order valence-corrected chi connectivity index (χ0v) is 15.0. The SMILES string of the molecule is N[C@@H](CCC(=O)CNC(=O)c1cccc(CC2=NCC(F)CC2)c1)C(=O)O. The number of rotatable bonds is 9. The molecule has 0 radical (unpaired) electrons. The Bertz CT molecular complexity index is 735. The predicted octanol–water partition coefficient (Wildman–Crippen LogP) is 1.29. The molecule has 0 aromatic heterocycles. The topological polar surface area (TPSA) is 122 Å². The van der Waals surface area contributed by atoms with Crippen molar-refractivity contribution in [1.82, 2.24) is 5.32 Å². The van der Waals surface area contributed by atoms with Gasteiger partial charge in [0.25, 0.3) is 5.91 Å². The zero-order valence-electron chi connectivity index (χ0n) is 15.0. The van der Waals surface area contributed by atoms with Crippen LogP contribution in [0.15, 0.2) is 29.3 Å². The molecule has 1 amide bonds. The number of carbonyl (C=O) groups is 3. The van der Waals surface area contributed by atoms with Crippen molar-refractivity contribution in [3.05, 3.63) is 35.4 Å².